The molecule has 0 aliphatic carbocycles. The highest BCUT2D eigenvalue weighted by Gasteiger charge is 2.25. The van der Waals surface area contributed by atoms with Crippen LogP contribution in [0, 0.1) is 18.3 Å². The van der Waals surface area contributed by atoms with Crippen LogP contribution >= 0.6 is 11.6 Å². The number of anilines is 1. The summed E-state index contributed by atoms with van der Waals surface area (Å²) in [5.41, 5.74) is 1.49. The van der Waals surface area contributed by atoms with Crippen LogP contribution in [0.25, 0.3) is 11.3 Å². The summed E-state index contributed by atoms with van der Waals surface area (Å²) in [4.78, 5) is 24.6. The number of carbonyl (C=O) groups excluding carboxylic acids is 2. The van der Waals surface area contributed by atoms with Gasteiger partial charge in [-0.2, -0.15) is 5.26 Å². The van der Waals surface area contributed by atoms with Crippen molar-refractivity contribution in [2.75, 3.05) is 11.9 Å². The Balaban J connectivity index is 1.73. The molecule has 0 aliphatic rings. The Morgan fingerprint density at radius 3 is 2.68 bits per heavy atom. The van der Waals surface area contributed by atoms with Crippen molar-refractivity contribution >= 4 is 29.2 Å². The van der Waals surface area contributed by atoms with Gasteiger partial charge in [-0.3, -0.25) is 4.79 Å². The molecule has 0 saturated carbocycles. The number of aryl methyl sites for hydroxylation is 1. The van der Waals surface area contributed by atoms with E-state index in [-0.39, 0.29) is 17.0 Å². The molecule has 1 N–H and O–H groups in total. The zero-order chi connectivity index (χ0) is 20.1. The fraction of sp³-hybridized carbons (Fsp3) is 0.100. The Kier molecular flexibility index (Phi) is 5.72. The lowest BCUT2D eigenvalue weighted by Gasteiger charge is -2.08. The molecule has 2 aromatic carbocycles. The average Bonchev–Trinajstić information content (AvgIpc) is 3.08. The summed E-state index contributed by atoms with van der Waals surface area (Å²) >= 11 is 6.17. The van der Waals surface area contributed by atoms with Crippen molar-refractivity contribution in [3.8, 4) is 17.3 Å². The lowest BCUT2D eigenvalue weighted by molar-refractivity contribution is -0.119. The molecule has 0 fully saturated rings. The van der Waals surface area contributed by atoms with Gasteiger partial charge in [0.15, 0.2) is 6.61 Å². The van der Waals surface area contributed by atoms with Gasteiger partial charge in [0, 0.05) is 5.56 Å². The molecule has 28 heavy (non-hydrogen) atoms. The first kappa shape index (κ1) is 19.1. The molecule has 0 atom stereocenters. The number of amides is 1. The van der Waals surface area contributed by atoms with E-state index in [4.69, 9.17) is 26.1 Å². The second-order valence-corrected chi connectivity index (χ2v) is 6.13. The Labute approximate surface area is 165 Å². The molecule has 8 heteroatoms. The number of halogens is 1. The summed E-state index contributed by atoms with van der Waals surface area (Å²) < 4.78 is 10.2. The quantitative estimate of drug-likeness (QED) is 0.655. The number of para-hydroxylation sites is 1. The minimum Gasteiger partial charge on any atom is -0.452 e. The molecule has 140 valence electrons. The summed E-state index contributed by atoms with van der Waals surface area (Å²) in [6, 6.07) is 15.3. The predicted octanol–water partition coefficient (Wildman–Crippen LogP) is 3.97. The highest BCUT2D eigenvalue weighted by atomic mass is 35.5. The fourth-order valence-electron chi connectivity index (χ4n) is 2.53. The highest BCUT2D eigenvalue weighted by Crippen LogP contribution is 2.31. The van der Waals surface area contributed by atoms with Crippen molar-refractivity contribution in [3.63, 3.8) is 0 Å². The van der Waals surface area contributed by atoms with Crippen molar-refractivity contribution in [1.29, 1.82) is 5.26 Å². The number of nitrogens with zero attached hydrogens (tertiary/aromatic N) is 2. The van der Waals surface area contributed by atoms with Crippen LogP contribution in [0.4, 0.5) is 5.69 Å². The number of aromatic nitrogens is 1. The van der Waals surface area contributed by atoms with Gasteiger partial charge in [0.05, 0.1) is 16.3 Å². The minimum atomic E-state index is -0.766. The summed E-state index contributed by atoms with van der Waals surface area (Å²) in [6.07, 6.45) is 0. The van der Waals surface area contributed by atoms with Crippen LogP contribution in [-0.4, -0.2) is 23.6 Å². The summed E-state index contributed by atoms with van der Waals surface area (Å²) in [5.74, 6) is -1.10. The van der Waals surface area contributed by atoms with E-state index in [0.29, 0.717) is 21.8 Å². The van der Waals surface area contributed by atoms with Crippen molar-refractivity contribution in [2.45, 2.75) is 6.92 Å². The third-order valence-electron chi connectivity index (χ3n) is 3.85. The molecular weight excluding hydrogens is 382 g/mol. The van der Waals surface area contributed by atoms with Crippen molar-refractivity contribution in [2.24, 2.45) is 0 Å². The molecule has 0 saturated heterocycles. The first-order chi connectivity index (χ1) is 13.5. The Morgan fingerprint density at radius 1 is 1.21 bits per heavy atom. The first-order valence-electron chi connectivity index (χ1n) is 8.18. The van der Waals surface area contributed by atoms with Gasteiger partial charge in [0.2, 0.25) is 0 Å². The second-order valence-electron chi connectivity index (χ2n) is 5.72. The van der Waals surface area contributed by atoms with Gasteiger partial charge in [-0.1, -0.05) is 47.1 Å². The summed E-state index contributed by atoms with van der Waals surface area (Å²) in [6.45, 7) is 1.03. The van der Waals surface area contributed by atoms with E-state index in [1.165, 1.54) is 0 Å². The number of hydrogen-bond donors (Lipinski definition) is 1. The van der Waals surface area contributed by atoms with Crippen molar-refractivity contribution in [1.82, 2.24) is 5.16 Å². The van der Waals surface area contributed by atoms with E-state index in [2.05, 4.69) is 10.5 Å². The number of esters is 1. The van der Waals surface area contributed by atoms with E-state index < -0.39 is 18.5 Å². The predicted molar refractivity (Wildman–Crippen MR) is 102 cm³/mol. The van der Waals surface area contributed by atoms with Gasteiger partial charge in [0.1, 0.15) is 23.1 Å². The molecule has 7 nitrogen and oxygen atoms in total. The van der Waals surface area contributed by atoms with Crippen LogP contribution in [0.5, 0.6) is 0 Å². The van der Waals surface area contributed by atoms with E-state index in [1.54, 1.807) is 55.5 Å². The molecular formula is C20H14ClN3O4. The number of rotatable bonds is 5. The van der Waals surface area contributed by atoms with Crippen LogP contribution in [-0.2, 0) is 9.53 Å². The number of benzene rings is 2. The zero-order valence-corrected chi connectivity index (χ0v) is 15.5. The maximum Gasteiger partial charge on any atom is 0.344 e. The van der Waals surface area contributed by atoms with E-state index >= 15 is 0 Å². The smallest absolute Gasteiger partial charge is 0.344 e. The molecule has 0 radical (unpaired) electrons. The molecule has 3 aromatic rings. The van der Waals surface area contributed by atoms with Gasteiger partial charge in [0.25, 0.3) is 5.91 Å². The maximum atomic E-state index is 12.5. The number of hydrogen-bond acceptors (Lipinski definition) is 6. The van der Waals surface area contributed by atoms with Crippen LogP contribution in [0.2, 0.25) is 5.02 Å². The van der Waals surface area contributed by atoms with Crippen LogP contribution in [0.15, 0.2) is 53.1 Å². The van der Waals surface area contributed by atoms with Crippen LogP contribution < -0.4 is 5.32 Å². The molecule has 0 spiro atoms. The number of ether oxygens (including phenoxy) is 1. The third kappa shape index (κ3) is 4.03. The minimum absolute atomic E-state index is 0.0957. The topological polar surface area (TPSA) is 105 Å². The summed E-state index contributed by atoms with van der Waals surface area (Å²) in [7, 11) is 0. The number of carbonyl (C=O) groups is 2. The molecule has 1 amide bonds. The molecule has 0 bridgehead atoms. The lowest BCUT2D eigenvalue weighted by atomic mass is 10.1. The van der Waals surface area contributed by atoms with Gasteiger partial charge >= 0.3 is 5.97 Å². The monoisotopic (exact) mass is 395 g/mol. The third-order valence-corrected chi connectivity index (χ3v) is 4.18. The Morgan fingerprint density at radius 2 is 1.93 bits per heavy atom. The Bertz CT molecular complexity index is 1090. The summed E-state index contributed by atoms with van der Waals surface area (Å²) in [5, 5.41) is 15.9. The average molecular weight is 396 g/mol. The second kappa shape index (κ2) is 8.37. The van der Waals surface area contributed by atoms with E-state index in [1.807, 2.05) is 6.07 Å². The van der Waals surface area contributed by atoms with E-state index in [9.17, 15) is 9.59 Å². The number of nitrogens with one attached hydrogen (secondary N) is 1. The van der Waals surface area contributed by atoms with Gasteiger partial charge in [-0.05, 0) is 25.1 Å². The maximum absolute atomic E-state index is 12.5. The van der Waals surface area contributed by atoms with E-state index in [0.717, 1.165) is 0 Å². The zero-order valence-electron chi connectivity index (χ0n) is 14.7. The van der Waals surface area contributed by atoms with Gasteiger partial charge in [-0.25, -0.2) is 4.79 Å². The molecule has 1 heterocycles. The fourth-order valence-corrected chi connectivity index (χ4v) is 2.75. The number of nitriles is 1. The molecule has 3 rings (SSSR count). The molecule has 0 unspecified atom stereocenters. The van der Waals surface area contributed by atoms with Crippen molar-refractivity contribution < 1.29 is 18.8 Å². The molecule has 0 aliphatic heterocycles. The van der Waals surface area contributed by atoms with Crippen LogP contribution in [0.3, 0.4) is 0 Å². The molecule has 1 aromatic heterocycles. The van der Waals surface area contributed by atoms with Gasteiger partial charge in [-0.15, -0.1) is 0 Å². The van der Waals surface area contributed by atoms with Crippen molar-refractivity contribution in [3.05, 3.63) is 70.4 Å². The van der Waals surface area contributed by atoms with Crippen LogP contribution in [0.1, 0.15) is 21.7 Å². The van der Waals surface area contributed by atoms with Gasteiger partial charge < -0.3 is 14.6 Å². The SMILES string of the molecule is Cc1onc(-c2ccccc2Cl)c1C(=O)OCC(=O)Nc1ccccc1C#N. The normalized spacial score (nSPS) is 10.2. The Hall–Kier alpha value is -3.63. The lowest BCUT2D eigenvalue weighted by Crippen LogP contribution is -2.21. The largest absolute Gasteiger partial charge is 0.452 e. The highest BCUT2D eigenvalue weighted by molar-refractivity contribution is 6.33. The standard InChI is InChI=1S/C20H14ClN3O4/c1-12-18(19(24-28-12)14-7-3-4-8-15(14)21)20(26)27-11-17(25)23-16-9-5-2-6-13(16)10-22/h2-9H,11H2,1H3,(H,23,25). The first-order valence-corrected chi connectivity index (χ1v) is 8.56.